The highest BCUT2D eigenvalue weighted by molar-refractivity contribution is 6.32. The molecule has 1 heterocycles. The van der Waals surface area contributed by atoms with Crippen molar-refractivity contribution in [2.45, 2.75) is 19.9 Å². The molecule has 19 heavy (non-hydrogen) atoms. The van der Waals surface area contributed by atoms with Crippen molar-refractivity contribution in [1.82, 2.24) is 15.1 Å². The maximum Gasteiger partial charge on any atom is 0.0837 e. The minimum atomic E-state index is -0.0573. The van der Waals surface area contributed by atoms with Crippen molar-refractivity contribution in [2.24, 2.45) is 7.05 Å². The van der Waals surface area contributed by atoms with E-state index in [0.717, 1.165) is 28.4 Å². The first-order valence-corrected chi connectivity index (χ1v) is 6.97. The van der Waals surface area contributed by atoms with E-state index in [4.69, 9.17) is 23.2 Å². The lowest BCUT2D eigenvalue weighted by Crippen LogP contribution is -2.25. The van der Waals surface area contributed by atoms with Crippen LogP contribution in [-0.4, -0.2) is 16.3 Å². The summed E-state index contributed by atoms with van der Waals surface area (Å²) in [6, 6.07) is 5.99. The van der Waals surface area contributed by atoms with E-state index in [-0.39, 0.29) is 6.04 Å². The first kappa shape index (κ1) is 14.4. The third-order valence-corrected chi connectivity index (χ3v) is 3.70. The largest absolute Gasteiger partial charge is 0.305 e. The van der Waals surface area contributed by atoms with E-state index in [1.807, 2.05) is 26.1 Å². The zero-order valence-electron chi connectivity index (χ0n) is 11.2. The molecular formula is C14H17Cl2N3. The van der Waals surface area contributed by atoms with Crippen molar-refractivity contribution in [3.05, 3.63) is 51.3 Å². The Bertz CT molecular complexity index is 559. The summed E-state index contributed by atoms with van der Waals surface area (Å²) >= 11 is 12.6. The Morgan fingerprint density at radius 2 is 2.05 bits per heavy atom. The summed E-state index contributed by atoms with van der Waals surface area (Å²) in [6.45, 7) is 4.89. The van der Waals surface area contributed by atoms with Crippen molar-refractivity contribution in [1.29, 1.82) is 0 Å². The Morgan fingerprint density at radius 3 is 2.58 bits per heavy atom. The highest BCUT2D eigenvalue weighted by Gasteiger charge is 2.22. The summed E-state index contributed by atoms with van der Waals surface area (Å²) < 4.78 is 1.78. The van der Waals surface area contributed by atoms with Crippen molar-refractivity contribution in [3.8, 4) is 0 Å². The van der Waals surface area contributed by atoms with Crippen LogP contribution in [0.3, 0.4) is 0 Å². The molecule has 0 aliphatic carbocycles. The second-order valence-corrected chi connectivity index (χ2v) is 5.33. The van der Waals surface area contributed by atoms with Gasteiger partial charge >= 0.3 is 0 Å². The highest BCUT2D eigenvalue weighted by atomic mass is 35.5. The molecule has 2 aromatic rings. The van der Waals surface area contributed by atoms with Crippen molar-refractivity contribution >= 4 is 23.2 Å². The van der Waals surface area contributed by atoms with Crippen LogP contribution in [-0.2, 0) is 7.05 Å². The maximum atomic E-state index is 6.37. The van der Waals surface area contributed by atoms with Gasteiger partial charge in [0.25, 0.3) is 0 Å². The van der Waals surface area contributed by atoms with Gasteiger partial charge in [0, 0.05) is 12.1 Å². The summed E-state index contributed by atoms with van der Waals surface area (Å²) in [5.41, 5.74) is 3.08. The first-order chi connectivity index (χ1) is 9.04. The molecule has 1 unspecified atom stereocenters. The topological polar surface area (TPSA) is 29.9 Å². The van der Waals surface area contributed by atoms with E-state index in [0.29, 0.717) is 5.02 Å². The zero-order chi connectivity index (χ0) is 14.0. The van der Waals surface area contributed by atoms with E-state index in [1.54, 1.807) is 10.9 Å². The van der Waals surface area contributed by atoms with Gasteiger partial charge in [-0.25, -0.2) is 0 Å². The van der Waals surface area contributed by atoms with Crippen molar-refractivity contribution < 1.29 is 0 Å². The Kier molecular flexibility index (Phi) is 4.50. The minimum absolute atomic E-state index is 0.0573. The molecule has 0 radical (unpaired) electrons. The number of aryl methyl sites for hydroxylation is 2. The van der Waals surface area contributed by atoms with Crippen LogP contribution in [0.15, 0.2) is 24.4 Å². The molecule has 0 amide bonds. The molecule has 1 N–H and O–H groups in total. The number of hydrogen-bond acceptors (Lipinski definition) is 2. The van der Waals surface area contributed by atoms with Gasteiger partial charge in [0.1, 0.15) is 0 Å². The number of nitrogens with zero attached hydrogens (tertiary/aromatic N) is 2. The molecule has 102 valence electrons. The molecular weight excluding hydrogens is 281 g/mol. The van der Waals surface area contributed by atoms with Gasteiger partial charge in [0.05, 0.1) is 23.0 Å². The molecule has 0 aliphatic heterocycles. The minimum Gasteiger partial charge on any atom is -0.305 e. The standard InChI is InChI=1S/C14H17Cl2N3/c1-4-17-13(14-12(16)8-18-19(14)3)10-6-5-9(2)7-11(10)15/h5-8,13,17H,4H2,1-3H3. The van der Waals surface area contributed by atoms with Gasteiger partial charge in [-0.05, 0) is 30.7 Å². The molecule has 0 fully saturated rings. The third kappa shape index (κ3) is 2.94. The second kappa shape index (κ2) is 5.95. The lowest BCUT2D eigenvalue weighted by molar-refractivity contribution is 0.573. The smallest absolute Gasteiger partial charge is 0.0837 e. The first-order valence-electron chi connectivity index (χ1n) is 6.21. The van der Waals surface area contributed by atoms with Gasteiger partial charge in [0.2, 0.25) is 0 Å². The molecule has 0 aliphatic rings. The molecule has 0 saturated carbocycles. The van der Waals surface area contributed by atoms with Crippen LogP contribution in [0.4, 0.5) is 0 Å². The maximum absolute atomic E-state index is 6.37. The van der Waals surface area contributed by atoms with Gasteiger partial charge in [-0.2, -0.15) is 5.10 Å². The summed E-state index contributed by atoms with van der Waals surface area (Å²) in [6.07, 6.45) is 1.66. The second-order valence-electron chi connectivity index (χ2n) is 4.52. The van der Waals surface area contributed by atoms with Crippen molar-refractivity contribution in [2.75, 3.05) is 6.54 Å². The van der Waals surface area contributed by atoms with E-state index in [2.05, 4.69) is 23.4 Å². The van der Waals surface area contributed by atoms with Crippen LogP contribution in [0.1, 0.15) is 29.8 Å². The normalized spacial score (nSPS) is 12.7. The number of benzene rings is 1. The molecule has 5 heteroatoms. The summed E-state index contributed by atoms with van der Waals surface area (Å²) in [7, 11) is 1.88. The van der Waals surface area contributed by atoms with Crippen LogP contribution in [0, 0.1) is 6.92 Å². The van der Waals surface area contributed by atoms with E-state index < -0.39 is 0 Å². The Morgan fingerprint density at radius 1 is 1.32 bits per heavy atom. The molecule has 1 aromatic heterocycles. The van der Waals surface area contributed by atoms with E-state index >= 15 is 0 Å². The molecule has 0 bridgehead atoms. The van der Waals surface area contributed by atoms with Crippen LogP contribution < -0.4 is 5.32 Å². The van der Waals surface area contributed by atoms with Crippen LogP contribution in [0.25, 0.3) is 0 Å². The Hall–Kier alpha value is -1.03. The van der Waals surface area contributed by atoms with Gasteiger partial charge < -0.3 is 5.32 Å². The summed E-state index contributed by atoms with van der Waals surface area (Å²) in [4.78, 5) is 0. The fraction of sp³-hybridized carbons (Fsp3) is 0.357. The highest BCUT2D eigenvalue weighted by Crippen LogP contribution is 2.32. The van der Waals surface area contributed by atoms with E-state index in [9.17, 15) is 0 Å². The molecule has 2 rings (SSSR count). The molecule has 1 atom stereocenters. The quantitative estimate of drug-likeness (QED) is 0.932. The molecule has 0 saturated heterocycles. The fourth-order valence-corrected chi connectivity index (χ4v) is 2.79. The Labute approximate surface area is 123 Å². The predicted molar refractivity (Wildman–Crippen MR) is 79.9 cm³/mol. The number of nitrogens with one attached hydrogen (secondary N) is 1. The molecule has 3 nitrogen and oxygen atoms in total. The average Bonchev–Trinajstić information content (AvgIpc) is 2.67. The zero-order valence-corrected chi connectivity index (χ0v) is 12.8. The predicted octanol–water partition coefficient (Wildman–Crippen LogP) is 3.73. The van der Waals surface area contributed by atoms with Gasteiger partial charge in [-0.3, -0.25) is 4.68 Å². The lowest BCUT2D eigenvalue weighted by atomic mass is 10.0. The van der Waals surface area contributed by atoms with Crippen LogP contribution in [0.2, 0.25) is 10.0 Å². The fourth-order valence-electron chi connectivity index (χ4n) is 2.17. The van der Waals surface area contributed by atoms with E-state index in [1.165, 1.54) is 0 Å². The average molecular weight is 298 g/mol. The number of aromatic nitrogens is 2. The lowest BCUT2D eigenvalue weighted by Gasteiger charge is -2.20. The Balaban J connectivity index is 2.51. The van der Waals surface area contributed by atoms with Crippen LogP contribution >= 0.6 is 23.2 Å². The SMILES string of the molecule is CCNC(c1ccc(C)cc1Cl)c1c(Cl)cnn1C. The number of halogens is 2. The third-order valence-electron chi connectivity index (χ3n) is 3.09. The van der Waals surface area contributed by atoms with Crippen LogP contribution in [0.5, 0.6) is 0 Å². The van der Waals surface area contributed by atoms with Crippen molar-refractivity contribution in [3.63, 3.8) is 0 Å². The monoisotopic (exact) mass is 297 g/mol. The summed E-state index contributed by atoms with van der Waals surface area (Å²) in [5, 5.41) is 8.99. The van der Waals surface area contributed by atoms with Gasteiger partial charge in [0.15, 0.2) is 0 Å². The number of hydrogen-bond donors (Lipinski definition) is 1. The molecule has 1 aromatic carbocycles. The van der Waals surface area contributed by atoms with Gasteiger partial charge in [-0.1, -0.05) is 42.3 Å². The van der Waals surface area contributed by atoms with Gasteiger partial charge in [-0.15, -0.1) is 0 Å². The number of rotatable bonds is 4. The summed E-state index contributed by atoms with van der Waals surface area (Å²) in [5.74, 6) is 0. The molecule has 0 spiro atoms.